The molecule has 0 spiro atoms. The average molecular weight is 346 g/mol. The molecule has 2 bridgehead atoms. The van der Waals surface area contributed by atoms with Crippen molar-refractivity contribution < 1.29 is 23.8 Å². The summed E-state index contributed by atoms with van der Waals surface area (Å²) in [5.41, 5.74) is -0.264. The number of methoxy groups -OCH3 is 3. The summed E-state index contributed by atoms with van der Waals surface area (Å²) >= 11 is 0. The van der Waals surface area contributed by atoms with Crippen LogP contribution in [-0.4, -0.2) is 39.5 Å². The zero-order valence-electron chi connectivity index (χ0n) is 15.4. The molecule has 25 heavy (non-hydrogen) atoms. The van der Waals surface area contributed by atoms with E-state index >= 15 is 0 Å². The molecule has 0 aliphatic heterocycles. The molecule has 0 amide bonds. The number of carbonyl (C=O) groups excluding carboxylic acids is 2. The summed E-state index contributed by atoms with van der Waals surface area (Å²) in [4.78, 5) is 25.6. The summed E-state index contributed by atoms with van der Waals surface area (Å²) in [7, 11) is 4.89. The van der Waals surface area contributed by atoms with E-state index in [2.05, 4.69) is 0 Å². The van der Waals surface area contributed by atoms with Crippen LogP contribution in [0.1, 0.15) is 38.2 Å². The van der Waals surface area contributed by atoms with E-state index in [0.29, 0.717) is 37.4 Å². The lowest BCUT2D eigenvalue weighted by Gasteiger charge is -2.44. The van der Waals surface area contributed by atoms with Gasteiger partial charge in [0, 0.05) is 43.1 Å². The van der Waals surface area contributed by atoms with Crippen molar-refractivity contribution in [3.8, 4) is 11.5 Å². The molecule has 1 aromatic carbocycles. The highest BCUT2D eigenvalue weighted by molar-refractivity contribution is 6.15. The van der Waals surface area contributed by atoms with Crippen molar-refractivity contribution in [1.29, 1.82) is 0 Å². The third-order valence-corrected chi connectivity index (χ3v) is 6.30. The molecular weight excluding hydrogens is 320 g/mol. The predicted molar refractivity (Wildman–Crippen MR) is 93.2 cm³/mol. The first-order valence-electron chi connectivity index (χ1n) is 8.72. The minimum absolute atomic E-state index is 0.0780. The van der Waals surface area contributed by atoms with Gasteiger partial charge in [0.2, 0.25) is 0 Å². The van der Waals surface area contributed by atoms with Crippen molar-refractivity contribution in [1.82, 2.24) is 0 Å². The maximum absolute atomic E-state index is 13.1. The minimum Gasteiger partial charge on any atom is -0.497 e. The second-order valence-corrected chi connectivity index (χ2v) is 7.34. The summed E-state index contributed by atoms with van der Waals surface area (Å²) < 4.78 is 16.3. The topological polar surface area (TPSA) is 61.8 Å². The molecule has 3 rings (SSSR count). The van der Waals surface area contributed by atoms with Crippen molar-refractivity contribution in [2.75, 3.05) is 27.9 Å². The number of ether oxygens (including phenoxy) is 3. The van der Waals surface area contributed by atoms with Gasteiger partial charge in [-0.05, 0) is 32.3 Å². The van der Waals surface area contributed by atoms with Gasteiger partial charge in [-0.3, -0.25) is 9.59 Å². The van der Waals surface area contributed by atoms with Gasteiger partial charge < -0.3 is 14.2 Å². The molecule has 136 valence electrons. The maximum atomic E-state index is 13.1. The van der Waals surface area contributed by atoms with Crippen LogP contribution in [-0.2, 0) is 19.7 Å². The third-order valence-electron chi connectivity index (χ3n) is 6.30. The normalized spacial score (nSPS) is 31.3. The van der Waals surface area contributed by atoms with Crippen LogP contribution in [0, 0.1) is 11.3 Å². The van der Waals surface area contributed by atoms with Gasteiger partial charge in [0.15, 0.2) is 5.78 Å². The highest BCUT2D eigenvalue weighted by Gasteiger charge is 2.62. The van der Waals surface area contributed by atoms with Gasteiger partial charge in [0.25, 0.3) is 0 Å². The van der Waals surface area contributed by atoms with Crippen molar-refractivity contribution in [2.24, 2.45) is 11.3 Å². The largest absolute Gasteiger partial charge is 0.497 e. The summed E-state index contributed by atoms with van der Waals surface area (Å²) in [5.74, 6) is 1.26. The number of carbonyl (C=O) groups is 2. The Hall–Kier alpha value is -1.88. The van der Waals surface area contributed by atoms with Crippen LogP contribution >= 0.6 is 0 Å². The molecule has 5 nitrogen and oxygen atoms in total. The minimum atomic E-state index is -0.805. The number of hydrogen-bond acceptors (Lipinski definition) is 5. The van der Waals surface area contributed by atoms with Crippen LogP contribution in [0.4, 0.5) is 0 Å². The predicted octanol–water partition coefficient (Wildman–Crippen LogP) is 2.94. The Labute approximate surface area is 148 Å². The van der Waals surface area contributed by atoms with E-state index in [1.54, 1.807) is 21.3 Å². The van der Waals surface area contributed by atoms with E-state index in [0.717, 1.165) is 12.0 Å². The standard InChI is InChI=1S/C20H26O5/c1-19-7-8-20(9-10-23-2,15(18(19)22)12-17(19)21)14-6-5-13(24-3)11-16(14)25-4/h5-6,11,15H,7-10,12H2,1-4H3/t15-,19+,20+/m0/s1. The molecule has 3 atom stereocenters. The molecule has 0 radical (unpaired) electrons. The first kappa shape index (κ1) is 17.9. The van der Waals surface area contributed by atoms with E-state index in [-0.39, 0.29) is 17.5 Å². The summed E-state index contributed by atoms with van der Waals surface area (Å²) in [6, 6.07) is 5.71. The van der Waals surface area contributed by atoms with Crippen LogP contribution in [0.5, 0.6) is 11.5 Å². The molecule has 0 unspecified atom stereocenters. The van der Waals surface area contributed by atoms with E-state index in [1.165, 1.54) is 0 Å². The van der Waals surface area contributed by atoms with Crippen LogP contribution in [0.2, 0.25) is 0 Å². The van der Waals surface area contributed by atoms with Crippen LogP contribution < -0.4 is 9.47 Å². The number of benzene rings is 1. The molecule has 0 heterocycles. The highest BCUT2D eigenvalue weighted by Crippen LogP contribution is 2.58. The fraction of sp³-hybridized carbons (Fsp3) is 0.600. The Bertz CT molecular complexity index is 697. The summed E-state index contributed by atoms with van der Waals surface area (Å²) in [5, 5.41) is 0. The summed E-state index contributed by atoms with van der Waals surface area (Å²) in [6.45, 7) is 2.34. The molecule has 0 N–H and O–H groups in total. The zero-order valence-corrected chi connectivity index (χ0v) is 15.4. The Kier molecular flexibility index (Phi) is 4.62. The molecule has 2 fully saturated rings. The van der Waals surface area contributed by atoms with Crippen molar-refractivity contribution >= 4 is 11.6 Å². The van der Waals surface area contributed by atoms with Crippen molar-refractivity contribution in [2.45, 2.75) is 38.0 Å². The van der Waals surface area contributed by atoms with Gasteiger partial charge in [-0.15, -0.1) is 0 Å². The van der Waals surface area contributed by atoms with Crippen molar-refractivity contribution in [3.63, 3.8) is 0 Å². The van der Waals surface area contributed by atoms with Gasteiger partial charge in [-0.25, -0.2) is 0 Å². The van der Waals surface area contributed by atoms with Gasteiger partial charge in [0.1, 0.15) is 17.3 Å². The summed E-state index contributed by atoms with van der Waals surface area (Å²) in [6.07, 6.45) is 2.36. The lowest BCUT2D eigenvalue weighted by Crippen LogP contribution is -2.47. The van der Waals surface area contributed by atoms with Gasteiger partial charge in [0.05, 0.1) is 19.6 Å². The number of ketones is 2. The zero-order chi connectivity index (χ0) is 18.2. The quantitative estimate of drug-likeness (QED) is 0.741. The van der Waals surface area contributed by atoms with Gasteiger partial charge >= 0.3 is 0 Å². The second kappa shape index (κ2) is 6.45. The first-order chi connectivity index (χ1) is 11.9. The molecule has 5 heteroatoms. The Morgan fingerprint density at radius 1 is 1.12 bits per heavy atom. The third kappa shape index (κ3) is 2.56. The number of Topliss-reactive ketones (excluding diaryl/α,β-unsaturated/α-hetero) is 2. The first-order valence-corrected chi connectivity index (χ1v) is 8.72. The molecule has 2 aliphatic rings. The van der Waals surface area contributed by atoms with E-state index in [4.69, 9.17) is 14.2 Å². The number of fused-ring (bicyclic) bond motifs is 2. The maximum Gasteiger partial charge on any atom is 0.150 e. The number of rotatable bonds is 6. The van der Waals surface area contributed by atoms with Crippen LogP contribution in [0.15, 0.2) is 18.2 Å². The monoisotopic (exact) mass is 346 g/mol. The molecular formula is C20H26O5. The average Bonchev–Trinajstić information content (AvgIpc) is 2.79. The smallest absolute Gasteiger partial charge is 0.150 e. The van der Waals surface area contributed by atoms with E-state index < -0.39 is 10.8 Å². The van der Waals surface area contributed by atoms with E-state index in [9.17, 15) is 9.59 Å². The fourth-order valence-electron chi connectivity index (χ4n) is 4.63. The molecule has 0 aromatic heterocycles. The van der Waals surface area contributed by atoms with Crippen molar-refractivity contribution in [3.05, 3.63) is 23.8 Å². The van der Waals surface area contributed by atoms with Gasteiger partial charge in [-0.2, -0.15) is 0 Å². The van der Waals surface area contributed by atoms with Crippen LogP contribution in [0.3, 0.4) is 0 Å². The lowest BCUT2D eigenvalue weighted by atomic mass is 9.58. The Morgan fingerprint density at radius 2 is 1.88 bits per heavy atom. The fourth-order valence-corrected chi connectivity index (χ4v) is 4.63. The highest BCUT2D eigenvalue weighted by atomic mass is 16.5. The SMILES string of the molecule is COCC[C@@]1(c2ccc(OC)cc2OC)CC[C@]2(C)C(=O)C[C@H]1C2=O. The molecule has 1 aromatic rings. The molecule has 0 saturated heterocycles. The Balaban J connectivity index is 2.13. The second-order valence-electron chi connectivity index (χ2n) is 7.34. The Morgan fingerprint density at radius 3 is 2.52 bits per heavy atom. The molecule has 2 aliphatic carbocycles. The molecule has 2 saturated carbocycles. The number of hydrogen-bond donors (Lipinski definition) is 0. The lowest BCUT2D eigenvalue weighted by molar-refractivity contribution is -0.138. The van der Waals surface area contributed by atoms with Crippen LogP contribution in [0.25, 0.3) is 0 Å². The van der Waals surface area contributed by atoms with Gasteiger partial charge in [-0.1, -0.05) is 6.07 Å². The van der Waals surface area contributed by atoms with E-state index in [1.807, 2.05) is 25.1 Å².